The van der Waals surface area contributed by atoms with Crippen LogP contribution in [0, 0.1) is 0 Å². The van der Waals surface area contributed by atoms with Crippen LogP contribution < -0.4 is 0 Å². The van der Waals surface area contributed by atoms with Crippen LogP contribution in [0.4, 0.5) is 0 Å². The molecule has 0 amide bonds. The van der Waals surface area contributed by atoms with Gasteiger partial charge in [0.15, 0.2) is 5.82 Å². The average Bonchev–Trinajstić information content (AvgIpc) is 2.74. The van der Waals surface area contributed by atoms with Crippen molar-refractivity contribution in [2.45, 2.75) is 95.4 Å². The highest BCUT2D eigenvalue weighted by atomic mass is 15.3. The summed E-state index contributed by atoms with van der Waals surface area (Å²) in [5, 5.41) is 4.88. The first kappa shape index (κ1) is 14.1. The van der Waals surface area contributed by atoms with Crippen molar-refractivity contribution < 1.29 is 0 Å². The van der Waals surface area contributed by atoms with Gasteiger partial charge in [-0.3, -0.25) is 0 Å². The molecule has 2 aliphatic carbocycles. The van der Waals surface area contributed by atoms with E-state index < -0.39 is 0 Å². The first-order valence-corrected chi connectivity index (χ1v) is 8.84. The van der Waals surface area contributed by atoms with E-state index in [-0.39, 0.29) is 0 Å². The topological polar surface area (TPSA) is 30.7 Å². The Morgan fingerprint density at radius 2 is 1.30 bits per heavy atom. The normalized spacial score (nSPS) is 24.0. The number of rotatable bonds is 2. The van der Waals surface area contributed by atoms with E-state index in [9.17, 15) is 0 Å². The van der Waals surface area contributed by atoms with Crippen LogP contribution in [-0.2, 0) is 0 Å². The summed E-state index contributed by atoms with van der Waals surface area (Å²) in [4.78, 5) is 4.66. The van der Waals surface area contributed by atoms with Gasteiger partial charge in [-0.05, 0) is 25.7 Å². The Kier molecular flexibility index (Phi) is 5.10. The highest BCUT2D eigenvalue weighted by molar-refractivity contribution is 4.95. The SMILES string of the molecule is c1nc(C2CCCCCC2)nn1C1CCCCCCC1. The van der Waals surface area contributed by atoms with Gasteiger partial charge in [0.1, 0.15) is 6.33 Å². The lowest BCUT2D eigenvalue weighted by Gasteiger charge is -2.19. The smallest absolute Gasteiger partial charge is 0.153 e. The number of nitrogens with zero attached hydrogens (tertiary/aromatic N) is 3. The highest BCUT2D eigenvalue weighted by Crippen LogP contribution is 2.31. The molecule has 1 aromatic heterocycles. The maximum Gasteiger partial charge on any atom is 0.153 e. The Bertz CT molecular complexity index is 383. The molecule has 0 spiro atoms. The Balaban J connectivity index is 1.65. The van der Waals surface area contributed by atoms with E-state index in [0.29, 0.717) is 12.0 Å². The van der Waals surface area contributed by atoms with Crippen molar-refractivity contribution in [3.63, 3.8) is 0 Å². The number of aromatic nitrogens is 3. The van der Waals surface area contributed by atoms with Gasteiger partial charge in [0.25, 0.3) is 0 Å². The Labute approximate surface area is 123 Å². The number of hydrogen-bond acceptors (Lipinski definition) is 2. The molecule has 1 aromatic rings. The van der Waals surface area contributed by atoms with Gasteiger partial charge in [0, 0.05) is 5.92 Å². The lowest BCUT2D eigenvalue weighted by Crippen LogP contribution is -2.12. The molecule has 0 radical (unpaired) electrons. The van der Waals surface area contributed by atoms with Gasteiger partial charge in [-0.25, -0.2) is 9.67 Å². The molecule has 0 atom stereocenters. The van der Waals surface area contributed by atoms with E-state index in [1.807, 2.05) is 6.33 Å². The predicted octanol–water partition coefficient (Wildman–Crippen LogP) is 5.00. The second-order valence-corrected chi connectivity index (χ2v) is 6.77. The molecule has 0 unspecified atom stereocenters. The summed E-state index contributed by atoms with van der Waals surface area (Å²) >= 11 is 0. The zero-order valence-electron chi connectivity index (χ0n) is 12.8. The maximum atomic E-state index is 4.88. The third kappa shape index (κ3) is 3.62. The highest BCUT2D eigenvalue weighted by Gasteiger charge is 2.20. The molecule has 0 bridgehead atoms. The Morgan fingerprint density at radius 1 is 0.750 bits per heavy atom. The summed E-state index contributed by atoms with van der Waals surface area (Å²) in [6.07, 6.45) is 19.7. The fourth-order valence-corrected chi connectivity index (χ4v) is 3.89. The van der Waals surface area contributed by atoms with Crippen molar-refractivity contribution in [2.75, 3.05) is 0 Å². The fourth-order valence-electron chi connectivity index (χ4n) is 3.89. The number of hydrogen-bond donors (Lipinski definition) is 0. The van der Waals surface area contributed by atoms with Crippen molar-refractivity contribution in [3.05, 3.63) is 12.2 Å². The van der Waals surface area contributed by atoms with Crippen LogP contribution in [-0.4, -0.2) is 14.8 Å². The van der Waals surface area contributed by atoms with Gasteiger partial charge in [0.05, 0.1) is 6.04 Å². The summed E-state index contributed by atoms with van der Waals surface area (Å²) in [6.45, 7) is 0. The molecule has 112 valence electrons. The zero-order chi connectivity index (χ0) is 13.6. The molecule has 20 heavy (non-hydrogen) atoms. The minimum absolute atomic E-state index is 0.613. The molecule has 3 heteroatoms. The molecular formula is C17H29N3. The van der Waals surface area contributed by atoms with Crippen LogP contribution in [0.5, 0.6) is 0 Å². The van der Waals surface area contributed by atoms with Crippen LogP contribution in [0.15, 0.2) is 6.33 Å². The molecule has 3 rings (SSSR count). The quantitative estimate of drug-likeness (QED) is 0.711. The Hall–Kier alpha value is -0.860. The van der Waals surface area contributed by atoms with Gasteiger partial charge >= 0.3 is 0 Å². The predicted molar refractivity (Wildman–Crippen MR) is 81.8 cm³/mol. The summed E-state index contributed by atoms with van der Waals surface area (Å²) in [7, 11) is 0. The van der Waals surface area contributed by atoms with Gasteiger partial charge in [-0.1, -0.05) is 57.8 Å². The second kappa shape index (κ2) is 7.24. The molecule has 0 aliphatic heterocycles. The lowest BCUT2D eigenvalue weighted by molar-refractivity contribution is 0.344. The molecule has 2 saturated carbocycles. The van der Waals surface area contributed by atoms with E-state index >= 15 is 0 Å². The van der Waals surface area contributed by atoms with E-state index in [1.165, 1.54) is 83.5 Å². The second-order valence-electron chi connectivity index (χ2n) is 6.77. The van der Waals surface area contributed by atoms with E-state index in [1.54, 1.807) is 0 Å². The van der Waals surface area contributed by atoms with E-state index in [0.717, 1.165) is 5.82 Å². The maximum absolute atomic E-state index is 4.88. The van der Waals surface area contributed by atoms with Crippen LogP contribution in [0.3, 0.4) is 0 Å². The van der Waals surface area contributed by atoms with Crippen molar-refractivity contribution in [3.8, 4) is 0 Å². The molecule has 3 nitrogen and oxygen atoms in total. The average molecular weight is 275 g/mol. The third-order valence-corrected chi connectivity index (χ3v) is 5.20. The minimum Gasteiger partial charge on any atom is -0.250 e. The minimum atomic E-state index is 0.613. The third-order valence-electron chi connectivity index (χ3n) is 5.20. The standard InChI is InChI=1S/C17H29N3/c1-2-8-12-16(13-9-3-1)20-14-18-17(19-20)15-10-6-4-5-7-11-15/h14-16H,1-13H2. The summed E-state index contributed by atoms with van der Waals surface area (Å²) in [6, 6.07) is 0.613. The zero-order valence-corrected chi connectivity index (χ0v) is 12.8. The molecule has 0 N–H and O–H groups in total. The molecule has 0 aromatic carbocycles. The molecule has 0 saturated heterocycles. The van der Waals surface area contributed by atoms with Crippen molar-refractivity contribution in [1.82, 2.24) is 14.8 Å². The monoisotopic (exact) mass is 275 g/mol. The van der Waals surface area contributed by atoms with Crippen molar-refractivity contribution >= 4 is 0 Å². The molecule has 1 heterocycles. The summed E-state index contributed by atoms with van der Waals surface area (Å²) in [5.74, 6) is 1.77. The van der Waals surface area contributed by atoms with Gasteiger partial charge in [-0.15, -0.1) is 0 Å². The lowest BCUT2D eigenvalue weighted by atomic mass is 9.97. The van der Waals surface area contributed by atoms with Crippen molar-refractivity contribution in [1.29, 1.82) is 0 Å². The van der Waals surface area contributed by atoms with Gasteiger partial charge in [0.2, 0.25) is 0 Å². The molecular weight excluding hydrogens is 246 g/mol. The summed E-state index contributed by atoms with van der Waals surface area (Å²) < 4.78 is 2.20. The van der Waals surface area contributed by atoms with Crippen LogP contribution in [0.1, 0.15) is 101 Å². The summed E-state index contributed by atoms with van der Waals surface area (Å²) in [5.41, 5.74) is 0. The van der Waals surface area contributed by atoms with Crippen molar-refractivity contribution in [2.24, 2.45) is 0 Å². The van der Waals surface area contributed by atoms with Gasteiger partial charge < -0.3 is 0 Å². The molecule has 2 fully saturated rings. The van der Waals surface area contributed by atoms with Crippen LogP contribution >= 0.6 is 0 Å². The van der Waals surface area contributed by atoms with Gasteiger partial charge in [-0.2, -0.15) is 5.10 Å². The largest absolute Gasteiger partial charge is 0.250 e. The first-order valence-electron chi connectivity index (χ1n) is 8.84. The van der Waals surface area contributed by atoms with E-state index in [4.69, 9.17) is 5.10 Å². The first-order chi connectivity index (χ1) is 9.93. The van der Waals surface area contributed by atoms with Crippen LogP contribution in [0.2, 0.25) is 0 Å². The molecule has 2 aliphatic rings. The fraction of sp³-hybridized carbons (Fsp3) is 0.882. The van der Waals surface area contributed by atoms with E-state index in [2.05, 4.69) is 9.67 Å². The van der Waals surface area contributed by atoms with Crippen LogP contribution in [0.25, 0.3) is 0 Å². The Morgan fingerprint density at radius 3 is 1.95 bits per heavy atom.